The Morgan fingerprint density at radius 2 is 2.10 bits per heavy atom. The average molecular weight is 330 g/mol. The molecule has 2 heterocycles. The van der Waals surface area contributed by atoms with Crippen LogP contribution in [0.15, 0.2) is 6.20 Å². The van der Waals surface area contributed by atoms with Gasteiger partial charge < -0.3 is 5.32 Å². The third-order valence-electron chi connectivity index (χ3n) is 3.23. The lowest BCUT2D eigenvalue weighted by atomic mass is 10.3. The van der Waals surface area contributed by atoms with Gasteiger partial charge in [0.05, 0.1) is 27.6 Å². The Bertz CT molecular complexity index is 642. The Labute approximate surface area is 133 Å². The minimum atomic E-state index is -0.230. The normalized spacial score (nSPS) is 10.9. The number of aromatic nitrogens is 4. The molecule has 0 radical (unpaired) electrons. The van der Waals surface area contributed by atoms with Gasteiger partial charge in [0, 0.05) is 20.1 Å². The van der Waals surface area contributed by atoms with Crippen molar-refractivity contribution in [3.05, 3.63) is 33.3 Å². The zero-order chi connectivity index (χ0) is 15.6. The fourth-order valence-electron chi connectivity index (χ4n) is 2.07. The van der Waals surface area contributed by atoms with Crippen LogP contribution in [0, 0.1) is 13.8 Å². The highest BCUT2D eigenvalue weighted by molar-refractivity contribution is 6.33. The van der Waals surface area contributed by atoms with Crippen molar-refractivity contribution in [1.29, 1.82) is 0 Å². The summed E-state index contributed by atoms with van der Waals surface area (Å²) in [5, 5.41) is 12.1. The third-order valence-corrected chi connectivity index (χ3v) is 4.06. The Hall–Kier alpha value is -1.53. The fourth-order valence-corrected chi connectivity index (χ4v) is 2.46. The first-order valence-corrected chi connectivity index (χ1v) is 7.32. The van der Waals surface area contributed by atoms with E-state index in [1.807, 2.05) is 18.5 Å². The van der Waals surface area contributed by atoms with Crippen molar-refractivity contribution in [2.75, 3.05) is 6.54 Å². The number of carbonyl (C=O) groups is 1. The summed E-state index contributed by atoms with van der Waals surface area (Å²) in [7, 11) is 1.68. The summed E-state index contributed by atoms with van der Waals surface area (Å²) in [6.45, 7) is 5.02. The summed E-state index contributed by atoms with van der Waals surface area (Å²) in [5.74, 6) is -0.230. The second-order valence-electron chi connectivity index (χ2n) is 4.78. The maximum Gasteiger partial charge on any atom is 0.271 e. The molecule has 6 nitrogen and oxygen atoms in total. The summed E-state index contributed by atoms with van der Waals surface area (Å²) in [6, 6.07) is 0. The first kappa shape index (κ1) is 15.9. The molecule has 114 valence electrons. The average Bonchev–Trinajstić information content (AvgIpc) is 2.90. The van der Waals surface area contributed by atoms with Gasteiger partial charge in [0.2, 0.25) is 0 Å². The van der Waals surface area contributed by atoms with E-state index >= 15 is 0 Å². The maximum atomic E-state index is 12.0. The van der Waals surface area contributed by atoms with E-state index in [2.05, 4.69) is 15.5 Å². The summed E-state index contributed by atoms with van der Waals surface area (Å²) in [4.78, 5) is 12.0. The van der Waals surface area contributed by atoms with Gasteiger partial charge in [0.25, 0.3) is 5.91 Å². The van der Waals surface area contributed by atoms with Gasteiger partial charge in [-0.3, -0.25) is 14.2 Å². The zero-order valence-corrected chi connectivity index (χ0v) is 13.7. The first-order chi connectivity index (χ1) is 9.91. The third kappa shape index (κ3) is 3.39. The van der Waals surface area contributed by atoms with Crippen molar-refractivity contribution in [3.8, 4) is 0 Å². The number of amides is 1. The number of nitrogens with one attached hydrogen (secondary N) is 1. The van der Waals surface area contributed by atoms with Crippen LogP contribution in [-0.4, -0.2) is 32.0 Å². The molecule has 0 atom stereocenters. The smallest absolute Gasteiger partial charge is 0.271 e. The van der Waals surface area contributed by atoms with Gasteiger partial charge in [0.1, 0.15) is 5.69 Å². The monoisotopic (exact) mass is 329 g/mol. The Balaban J connectivity index is 1.85. The van der Waals surface area contributed by atoms with Gasteiger partial charge in [-0.05, 0) is 20.3 Å². The highest BCUT2D eigenvalue weighted by atomic mass is 35.5. The Morgan fingerprint density at radius 1 is 1.38 bits per heavy atom. The molecule has 0 bridgehead atoms. The van der Waals surface area contributed by atoms with Crippen LogP contribution in [0.4, 0.5) is 0 Å². The highest BCUT2D eigenvalue weighted by Crippen LogP contribution is 2.19. The molecule has 0 aliphatic rings. The number of rotatable bonds is 5. The van der Waals surface area contributed by atoms with Crippen LogP contribution in [0.2, 0.25) is 10.0 Å². The molecule has 0 spiro atoms. The molecule has 0 fully saturated rings. The van der Waals surface area contributed by atoms with E-state index in [0.29, 0.717) is 28.8 Å². The van der Waals surface area contributed by atoms with Gasteiger partial charge in [-0.15, -0.1) is 0 Å². The molecule has 1 N–H and O–H groups in total. The van der Waals surface area contributed by atoms with Crippen LogP contribution in [0.1, 0.15) is 28.3 Å². The standard InChI is InChI=1S/C13H17Cl2N5O/c1-8-11(15)9(2)20(18-8)6-4-5-16-13(21)12-10(14)7-17-19(12)3/h7H,4-6H2,1-3H3,(H,16,21). The molecule has 0 saturated carbocycles. The van der Waals surface area contributed by atoms with Gasteiger partial charge in [-0.2, -0.15) is 10.2 Å². The van der Waals surface area contributed by atoms with Crippen LogP contribution in [0.3, 0.4) is 0 Å². The van der Waals surface area contributed by atoms with Crippen LogP contribution in [0.5, 0.6) is 0 Å². The molecule has 8 heteroatoms. The van der Waals surface area contributed by atoms with E-state index < -0.39 is 0 Å². The molecule has 0 aliphatic heterocycles. The molecule has 0 aliphatic carbocycles. The molecule has 2 rings (SSSR count). The topological polar surface area (TPSA) is 64.7 Å². The van der Waals surface area contributed by atoms with Crippen molar-refractivity contribution in [3.63, 3.8) is 0 Å². The van der Waals surface area contributed by atoms with Gasteiger partial charge in [-0.25, -0.2) is 0 Å². The second-order valence-corrected chi connectivity index (χ2v) is 5.57. The van der Waals surface area contributed by atoms with Crippen LogP contribution < -0.4 is 5.32 Å². The largest absolute Gasteiger partial charge is 0.351 e. The number of halogens is 2. The van der Waals surface area contributed by atoms with Crippen molar-refractivity contribution in [1.82, 2.24) is 24.9 Å². The summed E-state index contributed by atoms with van der Waals surface area (Å²) in [6.07, 6.45) is 2.20. The minimum Gasteiger partial charge on any atom is -0.351 e. The first-order valence-electron chi connectivity index (χ1n) is 6.57. The van der Waals surface area contributed by atoms with Crippen molar-refractivity contribution in [2.45, 2.75) is 26.8 Å². The molecular weight excluding hydrogens is 313 g/mol. The van der Waals surface area contributed by atoms with E-state index in [1.54, 1.807) is 7.05 Å². The SMILES string of the molecule is Cc1nn(CCCNC(=O)c2c(Cl)cnn2C)c(C)c1Cl. The molecule has 0 unspecified atom stereocenters. The van der Waals surface area contributed by atoms with Crippen LogP contribution in [-0.2, 0) is 13.6 Å². The number of carbonyl (C=O) groups excluding carboxylic acids is 1. The zero-order valence-electron chi connectivity index (χ0n) is 12.2. The number of hydrogen-bond donors (Lipinski definition) is 1. The van der Waals surface area contributed by atoms with Crippen molar-refractivity contribution >= 4 is 29.1 Å². The number of hydrogen-bond acceptors (Lipinski definition) is 3. The summed E-state index contributed by atoms with van der Waals surface area (Å²) in [5.41, 5.74) is 2.13. The fraction of sp³-hybridized carbons (Fsp3) is 0.462. The van der Waals surface area contributed by atoms with E-state index in [-0.39, 0.29) is 5.91 Å². The summed E-state index contributed by atoms with van der Waals surface area (Å²) < 4.78 is 3.30. The lowest BCUT2D eigenvalue weighted by Crippen LogP contribution is -2.27. The molecule has 2 aromatic heterocycles. The van der Waals surface area contributed by atoms with E-state index in [0.717, 1.165) is 17.8 Å². The summed E-state index contributed by atoms with van der Waals surface area (Å²) >= 11 is 12.0. The number of nitrogens with zero attached hydrogens (tertiary/aromatic N) is 4. The minimum absolute atomic E-state index is 0.230. The highest BCUT2D eigenvalue weighted by Gasteiger charge is 2.15. The predicted molar refractivity (Wildman–Crippen MR) is 81.9 cm³/mol. The Kier molecular flexibility index (Phi) is 4.90. The maximum absolute atomic E-state index is 12.0. The van der Waals surface area contributed by atoms with Crippen LogP contribution in [0.25, 0.3) is 0 Å². The predicted octanol–water partition coefficient (Wildman–Crippen LogP) is 2.36. The van der Waals surface area contributed by atoms with Crippen LogP contribution >= 0.6 is 23.2 Å². The molecule has 0 saturated heterocycles. The lowest BCUT2D eigenvalue weighted by molar-refractivity contribution is 0.0943. The molecule has 2 aromatic rings. The molecular formula is C13H17Cl2N5O. The van der Waals surface area contributed by atoms with Gasteiger partial charge in [0.15, 0.2) is 0 Å². The van der Waals surface area contributed by atoms with Crippen molar-refractivity contribution in [2.24, 2.45) is 7.05 Å². The van der Waals surface area contributed by atoms with Gasteiger partial charge >= 0.3 is 0 Å². The quantitative estimate of drug-likeness (QED) is 0.856. The van der Waals surface area contributed by atoms with Crippen molar-refractivity contribution < 1.29 is 4.79 Å². The number of aryl methyl sites for hydroxylation is 3. The lowest BCUT2D eigenvalue weighted by Gasteiger charge is -2.07. The molecule has 1 amide bonds. The Morgan fingerprint density at radius 3 is 2.62 bits per heavy atom. The van der Waals surface area contributed by atoms with Gasteiger partial charge in [-0.1, -0.05) is 23.2 Å². The molecule has 0 aromatic carbocycles. The van der Waals surface area contributed by atoms with E-state index in [9.17, 15) is 4.79 Å². The second kappa shape index (κ2) is 6.49. The van der Waals surface area contributed by atoms with E-state index in [4.69, 9.17) is 23.2 Å². The molecule has 21 heavy (non-hydrogen) atoms. The van der Waals surface area contributed by atoms with E-state index in [1.165, 1.54) is 10.9 Å².